The summed E-state index contributed by atoms with van der Waals surface area (Å²) in [6, 6.07) is 5.48. The average Bonchev–Trinajstić information content (AvgIpc) is 3.39. The maximum absolute atomic E-state index is 11.7. The molecule has 1 heterocycles. The highest BCUT2D eigenvalue weighted by Gasteiger charge is 2.53. The third kappa shape index (κ3) is 3.22. The predicted molar refractivity (Wildman–Crippen MR) is 97.9 cm³/mol. The summed E-state index contributed by atoms with van der Waals surface area (Å²) in [5.74, 6) is 1.86. The maximum Gasteiger partial charge on any atom is 0.407 e. The lowest BCUT2D eigenvalue weighted by Crippen LogP contribution is -2.45. The molecule has 6 nitrogen and oxygen atoms in total. The Hall–Kier alpha value is -1.95. The van der Waals surface area contributed by atoms with Crippen molar-refractivity contribution in [3.63, 3.8) is 0 Å². The summed E-state index contributed by atoms with van der Waals surface area (Å²) in [7, 11) is 1.61. The van der Waals surface area contributed by atoms with Crippen LogP contribution in [0.2, 0.25) is 0 Å². The molecule has 3 rings (SSSR count). The van der Waals surface area contributed by atoms with E-state index in [1.54, 1.807) is 14.0 Å². The number of nitrogens with zero attached hydrogens (tertiary/aromatic N) is 1. The number of carbonyl (C=O) groups is 1. The molecule has 0 aromatic heterocycles. The van der Waals surface area contributed by atoms with Crippen LogP contribution in [-0.2, 0) is 0 Å². The number of aliphatic hydroxyl groups is 1. The summed E-state index contributed by atoms with van der Waals surface area (Å²) in [5.41, 5.74) is 0.386. The first-order valence-electron chi connectivity index (χ1n) is 9.27. The van der Waals surface area contributed by atoms with Gasteiger partial charge in [-0.1, -0.05) is 13.0 Å². The van der Waals surface area contributed by atoms with E-state index in [4.69, 9.17) is 9.47 Å². The molecule has 1 aliphatic heterocycles. The van der Waals surface area contributed by atoms with Gasteiger partial charge in [-0.2, -0.15) is 0 Å². The van der Waals surface area contributed by atoms with Crippen LogP contribution in [0.3, 0.4) is 0 Å². The number of rotatable bonds is 6. The van der Waals surface area contributed by atoms with Crippen LogP contribution >= 0.6 is 0 Å². The van der Waals surface area contributed by atoms with Gasteiger partial charge in [-0.15, -0.1) is 0 Å². The second-order valence-corrected chi connectivity index (χ2v) is 7.87. The van der Waals surface area contributed by atoms with Crippen molar-refractivity contribution in [1.29, 1.82) is 0 Å². The molecule has 2 aliphatic rings. The molecule has 1 saturated carbocycles. The van der Waals surface area contributed by atoms with Crippen molar-refractivity contribution in [2.24, 2.45) is 11.3 Å². The van der Waals surface area contributed by atoms with Crippen molar-refractivity contribution in [3.05, 3.63) is 23.8 Å². The van der Waals surface area contributed by atoms with Crippen LogP contribution in [0.1, 0.15) is 45.1 Å². The van der Waals surface area contributed by atoms with Crippen molar-refractivity contribution >= 4 is 6.09 Å². The summed E-state index contributed by atoms with van der Waals surface area (Å²) in [6.45, 7) is 6.60. The van der Waals surface area contributed by atoms with Gasteiger partial charge in [0, 0.05) is 23.9 Å². The topological polar surface area (TPSA) is 79.2 Å². The van der Waals surface area contributed by atoms with Gasteiger partial charge < -0.3 is 24.6 Å². The molecule has 1 aliphatic carbocycles. The van der Waals surface area contributed by atoms with E-state index in [9.17, 15) is 15.0 Å². The first-order chi connectivity index (χ1) is 12.3. The van der Waals surface area contributed by atoms with E-state index in [2.05, 4.69) is 0 Å². The van der Waals surface area contributed by atoms with Crippen LogP contribution in [0.4, 0.5) is 4.79 Å². The van der Waals surface area contributed by atoms with Crippen molar-refractivity contribution in [3.8, 4) is 11.5 Å². The van der Waals surface area contributed by atoms with Crippen molar-refractivity contribution in [2.75, 3.05) is 20.3 Å². The van der Waals surface area contributed by atoms with Gasteiger partial charge in [0.25, 0.3) is 0 Å². The van der Waals surface area contributed by atoms with Crippen LogP contribution in [-0.4, -0.2) is 53.6 Å². The number of likely N-dealkylation sites (tertiary alicyclic amines) is 1. The molecule has 1 aromatic rings. The smallest absolute Gasteiger partial charge is 0.407 e. The van der Waals surface area contributed by atoms with Crippen LogP contribution in [0.5, 0.6) is 11.5 Å². The van der Waals surface area contributed by atoms with Crippen molar-refractivity contribution in [1.82, 2.24) is 4.90 Å². The van der Waals surface area contributed by atoms with Crippen molar-refractivity contribution in [2.45, 2.75) is 51.7 Å². The van der Waals surface area contributed by atoms with E-state index in [0.29, 0.717) is 30.6 Å². The Bertz CT molecular complexity index is 672. The van der Waals surface area contributed by atoms with Gasteiger partial charge in [0.1, 0.15) is 0 Å². The minimum absolute atomic E-state index is 0.122. The summed E-state index contributed by atoms with van der Waals surface area (Å²) >= 11 is 0. The molecule has 2 N–H and O–H groups in total. The fraction of sp³-hybridized carbons (Fsp3) is 0.650. The first kappa shape index (κ1) is 18.8. The lowest BCUT2D eigenvalue weighted by molar-refractivity contribution is 0.0204. The zero-order valence-electron chi connectivity index (χ0n) is 15.9. The molecular weight excluding hydrogens is 334 g/mol. The third-order valence-corrected chi connectivity index (χ3v) is 6.41. The number of benzene rings is 1. The van der Waals surface area contributed by atoms with E-state index in [1.165, 1.54) is 17.7 Å². The summed E-state index contributed by atoms with van der Waals surface area (Å²) in [5, 5.41) is 20.0. The number of aliphatic hydroxyl groups excluding tert-OH is 1. The highest BCUT2D eigenvalue weighted by Crippen LogP contribution is 2.50. The van der Waals surface area contributed by atoms with E-state index < -0.39 is 17.6 Å². The average molecular weight is 363 g/mol. The Balaban J connectivity index is 1.94. The maximum atomic E-state index is 11.7. The number of carboxylic acid groups (broad SMARTS) is 1. The van der Waals surface area contributed by atoms with Gasteiger partial charge in [0.2, 0.25) is 0 Å². The minimum atomic E-state index is -0.953. The summed E-state index contributed by atoms with van der Waals surface area (Å²) in [6.07, 6.45) is 0.807. The molecule has 26 heavy (non-hydrogen) atoms. The number of amides is 1. The van der Waals surface area contributed by atoms with Gasteiger partial charge >= 0.3 is 6.09 Å². The molecule has 4 atom stereocenters. The van der Waals surface area contributed by atoms with Crippen LogP contribution in [0, 0.1) is 11.3 Å². The summed E-state index contributed by atoms with van der Waals surface area (Å²) in [4.78, 5) is 13.1. The Morgan fingerprint density at radius 1 is 1.38 bits per heavy atom. The normalized spacial score (nSPS) is 29.5. The number of hydrogen-bond donors (Lipinski definition) is 2. The fourth-order valence-corrected chi connectivity index (χ4v) is 4.04. The standard InChI is InChI=1S/C20H29NO5/c1-12-20(3,13(2)22)16(10-21(12)19(23)24)15-7-8-17(25-4)18(9-15)26-11-14-5-6-14/h7-9,12-14,16,22H,5-6,10-11H2,1-4H3,(H,23,24)/t12?,13-,16-,20-/m0/s1. The second-order valence-electron chi connectivity index (χ2n) is 7.87. The van der Waals surface area contributed by atoms with Crippen molar-refractivity contribution < 1.29 is 24.5 Å². The molecule has 1 unspecified atom stereocenters. The molecular formula is C20H29NO5. The number of hydrogen-bond acceptors (Lipinski definition) is 4. The summed E-state index contributed by atoms with van der Waals surface area (Å²) < 4.78 is 11.4. The molecule has 144 valence electrons. The van der Waals surface area contributed by atoms with E-state index in [-0.39, 0.29) is 12.0 Å². The SMILES string of the molecule is COc1ccc([C@@H]2CN(C(=O)O)C(C)[C@@]2(C)[C@H](C)O)cc1OCC1CC1. The van der Waals surface area contributed by atoms with Gasteiger partial charge in [0.15, 0.2) is 11.5 Å². The molecule has 0 bridgehead atoms. The molecule has 1 amide bonds. The van der Waals surface area contributed by atoms with E-state index in [0.717, 1.165) is 5.56 Å². The third-order valence-electron chi connectivity index (χ3n) is 6.41. The zero-order valence-corrected chi connectivity index (χ0v) is 15.9. The fourth-order valence-electron chi connectivity index (χ4n) is 4.04. The second kappa shape index (κ2) is 6.99. The first-order valence-corrected chi connectivity index (χ1v) is 9.27. The highest BCUT2D eigenvalue weighted by atomic mass is 16.5. The number of methoxy groups -OCH3 is 1. The van der Waals surface area contributed by atoms with Crippen LogP contribution < -0.4 is 9.47 Å². The minimum Gasteiger partial charge on any atom is -0.493 e. The Morgan fingerprint density at radius 2 is 2.08 bits per heavy atom. The largest absolute Gasteiger partial charge is 0.493 e. The molecule has 6 heteroatoms. The number of ether oxygens (including phenoxy) is 2. The molecule has 2 fully saturated rings. The Morgan fingerprint density at radius 3 is 2.62 bits per heavy atom. The highest BCUT2D eigenvalue weighted by molar-refractivity contribution is 5.66. The monoisotopic (exact) mass is 363 g/mol. The van der Waals surface area contributed by atoms with Crippen LogP contribution in [0.15, 0.2) is 18.2 Å². The van der Waals surface area contributed by atoms with Crippen LogP contribution in [0.25, 0.3) is 0 Å². The van der Waals surface area contributed by atoms with Gasteiger partial charge in [0.05, 0.1) is 19.8 Å². The van der Waals surface area contributed by atoms with Gasteiger partial charge in [-0.25, -0.2) is 4.79 Å². The molecule has 0 radical (unpaired) electrons. The van der Waals surface area contributed by atoms with E-state index in [1.807, 2.05) is 32.0 Å². The molecule has 1 saturated heterocycles. The Labute approximate surface area is 154 Å². The van der Waals surface area contributed by atoms with Gasteiger partial charge in [-0.05, 0) is 50.3 Å². The van der Waals surface area contributed by atoms with Gasteiger partial charge in [-0.3, -0.25) is 0 Å². The lowest BCUT2D eigenvalue weighted by Gasteiger charge is -2.38. The molecule has 1 aromatic carbocycles. The van der Waals surface area contributed by atoms with E-state index >= 15 is 0 Å². The zero-order chi connectivity index (χ0) is 19.1. The Kier molecular flexibility index (Phi) is 5.06. The quantitative estimate of drug-likeness (QED) is 0.810. The lowest BCUT2D eigenvalue weighted by atomic mass is 9.69. The molecule has 0 spiro atoms. The predicted octanol–water partition coefficient (Wildman–Crippen LogP) is 3.34.